The van der Waals surface area contributed by atoms with Gasteiger partial charge >= 0.3 is 12.0 Å². The van der Waals surface area contributed by atoms with E-state index >= 15 is 0 Å². The standard InChI is InChI=1S/C14H22N2O3/c17-13(18)12(9-11-5-6-11)16-14(19)15-8-7-10-3-1-2-4-10/h3,11-12H,1-2,4-9H2,(H,17,18)(H2,15,16,19). The van der Waals surface area contributed by atoms with Crippen molar-refractivity contribution in [2.24, 2.45) is 5.92 Å². The minimum atomic E-state index is -0.944. The molecule has 2 aliphatic rings. The lowest BCUT2D eigenvalue weighted by Gasteiger charge is -2.14. The molecule has 1 fully saturated rings. The van der Waals surface area contributed by atoms with Crippen LogP contribution < -0.4 is 10.6 Å². The number of allylic oxidation sites excluding steroid dienone is 1. The van der Waals surface area contributed by atoms with Gasteiger partial charge in [-0.25, -0.2) is 9.59 Å². The van der Waals surface area contributed by atoms with Gasteiger partial charge in [-0.1, -0.05) is 24.5 Å². The van der Waals surface area contributed by atoms with E-state index in [0.29, 0.717) is 18.9 Å². The molecule has 2 amide bonds. The molecule has 5 nitrogen and oxygen atoms in total. The first kappa shape index (κ1) is 13.9. The lowest BCUT2D eigenvalue weighted by molar-refractivity contribution is -0.139. The molecule has 0 aromatic carbocycles. The van der Waals surface area contributed by atoms with Crippen LogP contribution in [0.1, 0.15) is 44.9 Å². The van der Waals surface area contributed by atoms with E-state index in [1.165, 1.54) is 12.0 Å². The molecular formula is C14H22N2O3. The molecule has 2 rings (SSSR count). The molecular weight excluding hydrogens is 244 g/mol. The SMILES string of the molecule is O=C(NCCC1=CCCC1)NC(CC1CC1)C(=O)O. The fourth-order valence-corrected chi connectivity index (χ4v) is 2.42. The summed E-state index contributed by atoms with van der Waals surface area (Å²) in [4.78, 5) is 22.7. The fourth-order valence-electron chi connectivity index (χ4n) is 2.42. The summed E-state index contributed by atoms with van der Waals surface area (Å²) in [5.41, 5.74) is 1.40. The molecule has 1 unspecified atom stereocenters. The third kappa shape index (κ3) is 4.93. The Morgan fingerprint density at radius 1 is 1.42 bits per heavy atom. The first-order valence-electron chi connectivity index (χ1n) is 7.10. The van der Waals surface area contributed by atoms with Crippen molar-refractivity contribution < 1.29 is 14.7 Å². The second-order valence-electron chi connectivity index (χ2n) is 5.47. The number of carbonyl (C=O) groups excluding carboxylic acids is 1. The Hall–Kier alpha value is -1.52. The molecule has 0 spiro atoms. The van der Waals surface area contributed by atoms with Crippen molar-refractivity contribution >= 4 is 12.0 Å². The van der Waals surface area contributed by atoms with E-state index in [2.05, 4.69) is 16.7 Å². The van der Waals surface area contributed by atoms with Crippen LogP contribution in [0.25, 0.3) is 0 Å². The summed E-state index contributed by atoms with van der Waals surface area (Å²) in [7, 11) is 0. The molecule has 1 saturated carbocycles. The summed E-state index contributed by atoms with van der Waals surface area (Å²) in [6.45, 7) is 0.577. The molecule has 0 saturated heterocycles. The molecule has 19 heavy (non-hydrogen) atoms. The molecule has 0 bridgehead atoms. The predicted molar refractivity (Wildman–Crippen MR) is 71.9 cm³/mol. The number of carboxylic acid groups (broad SMARTS) is 1. The monoisotopic (exact) mass is 266 g/mol. The number of carboxylic acids is 1. The highest BCUT2D eigenvalue weighted by molar-refractivity contribution is 5.82. The Labute approximate surface area is 113 Å². The number of urea groups is 1. The van der Waals surface area contributed by atoms with Crippen molar-refractivity contribution in [3.8, 4) is 0 Å². The lowest BCUT2D eigenvalue weighted by Crippen LogP contribution is -2.46. The predicted octanol–water partition coefficient (Wildman–Crippen LogP) is 2.04. The van der Waals surface area contributed by atoms with Crippen LogP contribution in [0.2, 0.25) is 0 Å². The van der Waals surface area contributed by atoms with Crippen LogP contribution in [0.15, 0.2) is 11.6 Å². The summed E-state index contributed by atoms with van der Waals surface area (Å²) < 4.78 is 0. The molecule has 0 aliphatic heterocycles. The Morgan fingerprint density at radius 3 is 2.79 bits per heavy atom. The highest BCUT2D eigenvalue weighted by Gasteiger charge is 2.30. The third-order valence-electron chi connectivity index (χ3n) is 3.74. The van der Waals surface area contributed by atoms with Gasteiger partial charge in [0, 0.05) is 6.54 Å². The van der Waals surface area contributed by atoms with Crippen LogP contribution in [0.4, 0.5) is 4.79 Å². The largest absolute Gasteiger partial charge is 0.480 e. The van der Waals surface area contributed by atoms with Gasteiger partial charge in [0.25, 0.3) is 0 Å². The van der Waals surface area contributed by atoms with E-state index < -0.39 is 12.0 Å². The van der Waals surface area contributed by atoms with Gasteiger partial charge in [-0.3, -0.25) is 0 Å². The fraction of sp³-hybridized carbons (Fsp3) is 0.714. The first-order valence-corrected chi connectivity index (χ1v) is 7.10. The van der Waals surface area contributed by atoms with Crippen molar-refractivity contribution in [2.75, 3.05) is 6.54 Å². The van der Waals surface area contributed by atoms with Crippen molar-refractivity contribution in [1.82, 2.24) is 10.6 Å². The molecule has 0 heterocycles. The van der Waals surface area contributed by atoms with E-state index in [-0.39, 0.29) is 6.03 Å². The highest BCUT2D eigenvalue weighted by atomic mass is 16.4. The van der Waals surface area contributed by atoms with E-state index in [0.717, 1.165) is 32.1 Å². The Kier molecular flexibility index (Phi) is 4.82. The van der Waals surface area contributed by atoms with Crippen LogP contribution in [0.5, 0.6) is 0 Å². The number of carbonyl (C=O) groups is 2. The molecule has 106 valence electrons. The Morgan fingerprint density at radius 2 is 2.21 bits per heavy atom. The van der Waals surface area contributed by atoms with E-state index in [9.17, 15) is 9.59 Å². The van der Waals surface area contributed by atoms with Gasteiger partial charge in [0.2, 0.25) is 0 Å². The van der Waals surface area contributed by atoms with Gasteiger partial charge in [0.1, 0.15) is 6.04 Å². The second-order valence-corrected chi connectivity index (χ2v) is 5.47. The van der Waals surface area contributed by atoms with E-state index in [1.807, 2.05) is 0 Å². The first-order chi connectivity index (χ1) is 9.15. The van der Waals surface area contributed by atoms with Crippen LogP contribution in [-0.4, -0.2) is 29.7 Å². The summed E-state index contributed by atoms with van der Waals surface area (Å²) in [5.74, 6) is -0.467. The van der Waals surface area contributed by atoms with Crippen LogP contribution in [-0.2, 0) is 4.79 Å². The zero-order chi connectivity index (χ0) is 13.7. The van der Waals surface area contributed by atoms with Gasteiger partial charge in [-0.2, -0.15) is 0 Å². The number of hydrogen-bond acceptors (Lipinski definition) is 2. The average molecular weight is 266 g/mol. The number of amides is 2. The summed E-state index contributed by atoms with van der Waals surface area (Å²) in [6, 6.07) is -1.12. The highest BCUT2D eigenvalue weighted by Crippen LogP contribution is 2.33. The quantitative estimate of drug-likeness (QED) is 0.617. The van der Waals surface area contributed by atoms with Gasteiger partial charge in [0.05, 0.1) is 0 Å². The maximum Gasteiger partial charge on any atom is 0.326 e. The van der Waals surface area contributed by atoms with Crippen molar-refractivity contribution in [3.05, 3.63) is 11.6 Å². The van der Waals surface area contributed by atoms with E-state index in [4.69, 9.17) is 5.11 Å². The van der Waals surface area contributed by atoms with Gasteiger partial charge in [0.15, 0.2) is 0 Å². The van der Waals surface area contributed by atoms with Gasteiger partial charge < -0.3 is 15.7 Å². The third-order valence-corrected chi connectivity index (χ3v) is 3.74. The van der Waals surface area contributed by atoms with Crippen LogP contribution >= 0.6 is 0 Å². The number of nitrogens with one attached hydrogen (secondary N) is 2. The second kappa shape index (κ2) is 6.59. The minimum Gasteiger partial charge on any atom is -0.480 e. The van der Waals surface area contributed by atoms with Crippen molar-refractivity contribution in [2.45, 2.75) is 51.0 Å². The Balaban J connectivity index is 1.64. The molecule has 0 aromatic rings. The van der Waals surface area contributed by atoms with Crippen molar-refractivity contribution in [1.29, 1.82) is 0 Å². The maximum absolute atomic E-state index is 11.6. The molecule has 0 aromatic heterocycles. The summed E-state index contributed by atoms with van der Waals surface area (Å²) in [6.07, 6.45) is 9.30. The Bertz CT molecular complexity index is 375. The van der Waals surface area contributed by atoms with Gasteiger partial charge in [-0.05, 0) is 38.0 Å². The number of rotatable bonds is 7. The maximum atomic E-state index is 11.6. The lowest BCUT2D eigenvalue weighted by atomic mass is 10.1. The topological polar surface area (TPSA) is 78.4 Å². The van der Waals surface area contributed by atoms with Crippen LogP contribution in [0.3, 0.4) is 0 Å². The van der Waals surface area contributed by atoms with Crippen LogP contribution in [0, 0.1) is 5.92 Å². The molecule has 2 aliphatic carbocycles. The average Bonchev–Trinajstić information content (AvgIpc) is 3.02. The number of aliphatic carboxylic acids is 1. The zero-order valence-corrected chi connectivity index (χ0v) is 11.2. The van der Waals surface area contributed by atoms with E-state index in [1.54, 1.807) is 0 Å². The summed E-state index contributed by atoms with van der Waals surface area (Å²) in [5, 5.41) is 14.3. The molecule has 3 N–H and O–H groups in total. The van der Waals surface area contributed by atoms with Gasteiger partial charge in [-0.15, -0.1) is 0 Å². The smallest absolute Gasteiger partial charge is 0.326 e. The molecule has 0 radical (unpaired) electrons. The normalized spacial score (nSPS) is 19.7. The molecule has 5 heteroatoms. The molecule has 1 atom stereocenters. The van der Waals surface area contributed by atoms with Crippen molar-refractivity contribution in [3.63, 3.8) is 0 Å². The minimum absolute atomic E-state index is 0.369. The number of hydrogen-bond donors (Lipinski definition) is 3. The zero-order valence-electron chi connectivity index (χ0n) is 11.2. The summed E-state index contributed by atoms with van der Waals surface area (Å²) >= 11 is 0.